The predicted molar refractivity (Wildman–Crippen MR) is 136 cm³/mol. The molecule has 2 aromatic carbocycles. The second kappa shape index (κ2) is 12.7. The molecule has 7 nitrogen and oxygen atoms in total. The molecular formula is C24H26Cl2N4O3S. The standard InChI is InChI=1S/C24H26Cl2N4O3S/c1-2-21(31)29-19(12-23-30-18-9-8-16(26)11-20(18)34-23)24(33)28-17(14-27-22(32)13-25)10-15-6-4-3-5-7-15/h3-9,11,17,19H,2,10,12-14H2,1H3,(H,27,32)(H,28,33)(H,29,31)/t17-,19-/m0/s1. The van der Waals surface area contributed by atoms with Gasteiger partial charge in [0.1, 0.15) is 11.9 Å². The van der Waals surface area contributed by atoms with Crippen molar-refractivity contribution in [3.63, 3.8) is 0 Å². The van der Waals surface area contributed by atoms with Crippen LogP contribution in [0.4, 0.5) is 0 Å². The summed E-state index contributed by atoms with van der Waals surface area (Å²) in [6.45, 7) is 1.93. The van der Waals surface area contributed by atoms with Gasteiger partial charge in [-0.15, -0.1) is 22.9 Å². The van der Waals surface area contributed by atoms with E-state index >= 15 is 0 Å². The summed E-state index contributed by atoms with van der Waals surface area (Å²) >= 11 is 13.1. The molecule has 0 fully saturated rings. The van der Waals surface area contributed by atoms with Gasteiger partial charge in [-0.1, -0.05) is 48.9 Å². The minimum Gasteiger partial charge on any atom is -0.353 e. The number of rotatable bonds is 11. The van der Waals surface area contributed by atoms with Gasteiger partial charge in [-0.05, 0) is 30.2 Å². The monoisotopic (exact) mass is 520 g/mol. The average Bonchev–Trinajstić information content (AvgIpc) is 3.23. The lowest BCUT2D eigenvalue weighted by molar-refractivity contribution is -0.129. The van der Waals surface area contributed by atoms with Crippen LogP contribution < -0.4 is 16.0 Å². The van der Waals surface area contributed by atoms with Crippen molar-refractivity contribution in [3.8, 4) is 0 Å². The molecule has 10 heteroatoms. The van der Waals surface area contributed by atoms with Crippen LogP contribution in [0, 0.1) is 0 Å². The van der Waals surface area contributed by atoms with Gasteiger partial charge in [0.15, 0.2) is 0 Å². The molecule has 3 amide bonds. The Morgan fingerprint density at radius 3 is 2.50 bits per heavy atom. The predicted octanol–water partition coefficient (Wildman–Crippen LogP) is 3.47. The molecule has 0 aliphatic carbocycles. The highest BCUT2D eigenvalue weighted by atomic mass is 35.5. The summed E-state index contributed by atoms with van der Waals surface area (Å²) in [5, 5.41) is 9.83. The summed E-state index contributed by atoms with van der Waals surface area (Å²) in [6, 6.07) is 13.8. The normalized spacial score (nSPS) is 12.7. The molecule has 0 aliphatic rings. The Hall–Kier alpha value is -2.68. The zero-order valence-corrected chi connectivity index (χ0v) is 21.0. The first kappa shape index (κ1) is 25.9. The van der Waals surface area contributed by atoms with Crippen LogP contribution in [0.3, 0.4) is 0 Å². The van der Waals surface area contributed by atoms with E-state index in [9.17, 15) is 14.4 Å². The molecule has 3 rings (SSSR count). The largest absolute Gasteiger partial charge is 0.353 e. The van der Waals surface area contributed by atoms with E-state index in [1.807, 2.05) is 42.5 Å². The van der Waals surface area contributed by atoms with Crippen LogP contribution >= 0.6 is 34.5 Å². The number of halogens is 2. The van der Waals surface area contributed by atoms with Crippen molar-refractivity contribution in [1.29, 1.82) is 0 Å². The van der Waals surface area contributed by atoms with Crippen LogP contribution in [-0.4, -0.2) is 47.2 Å². The molecule has 0 saturated heterocycles. The highest BCUT2D eigenvalue weighted by Gasteiger charge is 2.25. The van der Waals surface area contributed by atoms with E-state index in [0.29, 0.717) is 16.5 Å². The Morgan fingerprint density at radius 2 is 1.79 bits per heavy atom. The lowest BCUT2D eigenvalue weighted by Gasteiger charge is -2.23. The van der Waals surface area contributed by atoms with Gasteiger partial charge in [0, 0.05) is 24.4 Å². The maximum absolute atomic E-state index is 13.3. The number of benzene rings is 2. The number of fused-ring (bicyclic) bond motifs is 1. The summed E-state index contributed by atoms with van der Waals surface area (Å²) in [6.07, 6.45) is 0.988. The Labute approximate surface area is 212 Å². The third-order valence-corrected chi connectivity index (χ3v) is 6.60. The maximum atomic E-state index is 13.3. The number of carbonyl (C=O) groups is 3. The number of thiazole rings is 1. The molecule has 2 atom stereocenters. The summed E-state index contributed by atoms with van der Waals surface area (Å²) in [5.74, 6) is -1.07. The number of carbonyl (C=O) groups excluding carboxylic acids is 3. The molecule has 1 heterocycles. The summed E-state index contributed by atoms with van der Waals surface area (Å²) in [4.78, 5) is 41.7. The van der Waals surface area contributed by atoms with Gasteiger partial charge < -0.3 is 16.0 Å². The van der Waals surface area contributed by atoms with Crippen molar-refractivity contribution in [2.75, 3.05) is 12.4 Å². The van der Waals surface area contributed by atoms with Gasteiger partial charge in [-0.2, -0.15) is 0 Å². The van der Waals surface area contributed by atoms with Gasteiger partial charge in [0.25, 0.3) is 0 Å². The number of hydrogen-bond acceptors (Lipinski definition) is 5. The SMILES string of the molecule is CCC(=O)N[C@@H](Cc1nc2ccc(Cl)cc2s1)C(=O)N[C@H](CNC(=O)CCl)Cc1ccccc1. The van der Waals surface area contributed by atoms with Crippen LogP contribution in [0.1, 0.15) is 23.9 Å². The Bertz CT molecular complexity index is 1140. The van der Waals surface area contributed by atoms with Crippen LogP contribution in [0.15, 0.2) is 48.5 Å². The topological polar surface area (TPSA) is 100 Å². The van der Waals surface area contributed by atoms with Gasteiger partial charge in [0.05, 0.1) is 21.3 Å². The molecule has 180 valence electrons. The zero-order chi connectivity index (χ0) is 24.5. The molecule has 0 saturated carbocycles. The van der Waals surface area contributed by atoms with Gasteiger partial charge in [-0.3, -0.25) is 14.4 Å². The first-order chi connectivity index (χ1) is 16.4. The first-order valence-corrected chi connectivity index (χ1v) is 12.6. The van der Waals surface area contributed by atoms with Crippen LogP contribution in [0.5, 0.6) is 0 Å². The Morgan fingerprint density at radius 1 is 1.03 bits per heavy atom. The Balaban J connectivity index is 1.77. The fourth-order valence-electron chi connectivity index (χ4n) is 3.37. The molecule has 1 aromatic heterocycles. The van der Waals surface area contributed by atoms with Crippen LogP contribution in [-0.2, 0) is 27.2 Å². The van der Waals surface area contributed by atoms with Crippen molar-refractivity contribution < 1.29 is 14.4 Å². The zero-order valence-electron chi connectivity index (χ0n) is 18.6. The molecule has 34 heavy (non-hydrogen) atoms. The minimum absolute atomic E-state index is 0.164. The molecule has 3 N–H and O–H groups in total. The van der Waals surface area contributed by atoms with Gasteiger partial charge in [-0.25, -0.2) is 4.98 Å². The highest BCUT2D eigenvalue weighted by Crippen LogP contribution is 2.26. The third-order valence-electron chi connectivity index (χ3n) is 5.08. The van der Waals surface area contributed by atoms with Crippen molar-refractivity contribution in [3.05, 3.63) is 64.1 Å². The lowest BCUT2D eigenvalue weighted by atomic mass is 10.0. The molecule has 0 bridgehead atoms. The summed E-state index contributed by atoms with van der Waals surface area (Å²) < 4.78 is 0.911. The summed E-state index contributed by atoms with van der Waals surface area (Å²) in [5.41, 5.74) is 1.79. The molecule has 3 aromatic rings. The van der Waals surface area contributed by atoms with E-state index in [1.165, 1.54) is 11.3 Å². The molecule has 0 radical (unpaired) electrons. The number of nitrogens with zero attached hydrogens (tertiary/aromatic N) is 1. The van der Waals surface area contributed by atoms with Crippen molar-refractivity contribution in [2.24, 2.45) is 0 Å². The van der Waals surface area contributed by atoms with E-state index in [2.05, 4.69) is 20.9 Å². The lowest BCUT2D eigenvalue weighted by Crippen LogP contribution is -2.53. The number of amides is 3. The van der Waals surface area contributed by atoms with E-state index in [-0.39, 0.29) is 43.0 Å². The molecule has 0 unspecified atom stereocenters. The van der Waals surface area contributed by atoms with E-state index in [1.54, 1.807) is 13.0 Å². The van der Waals surface area contributed by atoms with Crippen molar-refractivity contribution in [2.45, 2.75) is 38.3 Å². The first-order valence-electron chi connectivity index (χ1n) is 10.9. The van der Waals surface area contributed by atoms with Crippen molar-refractivity contribution in [1.82, 2.24) is 20.9 Å². The molecule has 0 spiro atoms. The molecular weight excluding hydrogens is 495 g/mol. The van der Waals surface area contributed by atoms with Crippen LogP contribution in [0.2, 0.25) is 5.02 Å². The number of nitrogens with one attached hydrogen (secondary N) is 3. The van der Waals surface area contributed by atoms with Crippen LogP contribution in [0.25, 0.3) is 10.2 Å². The number of hydrogen-bond donors (Lipinski definition) is 3. The Kier molecular flexibility index (Phi) is 9.68. The average molecular weight is 521 g/mol. The maximum Gasteiger partial charge on any atom is 0.243 e. The van der Waals surface area contributed by atoms with E-state index in [4.69, 9.17) is 23.2 Å². The quantitative estimate of drug-likeness (QED) is 0.337. The van der Waals surface area contributed by atoms with E-state index in [0.717, 1.165) is 15.8 Å². The second-order valence-electron chi connectivity index (χ2n) is 7.73. The highest BCUT2D eigenvalue weighted by molar-refractivity contribution is 7.18. The molecule has 0 aliphatic heterocycles. The third kappa shape index (κ3) is 7.68. The van der Waals surface area contributed by atoms with Crippen molar-refractivity contribution >= 4 is 62.5 Å². The van der Waals surface area contributed by atoms with Gasteiger partial charge >= 0.3 is 0 Å². The fraction of sp³-hybridized carbons (Fsp3) is 0.333. The number of alkyl halides is 1. The second-order valence-corrected chi connectivity index (χ2v) is 9.55. The smallest absolute Gasteiger partial charge is 0.243 e. The minimum atomic E-state index is -0.814. The fourth-order valence-corrected chi connectivity index (χ4v) is 4.76. The summed E-state index contributed by atoms with van der Waals surface area (Å²) in [7, 11) is 0. The number of aromatic nitrogens is 1. The van der Waals surface area contributed by atoms with Gasteiger partial charge in [0.2, 0.25) is 17.7 Å². The van der Waals surface area contributed by atoms with E-state index < -0.39 is 12.1 Å².